The molecule has 0 aliphatic carbocycles. The molecule has 0 bridgehead atoms. The molecule has 7 nitrogen and oxygen atoms in total. The van der Waals surface area contributed by atoms with E-state index in [0.717, 1.165) is 5.56 Å². The highest BCUT2D eigenvalue weighted by Gasteiger charge is 2.21. The van der Waals surface area contributed by atoms with Gasteiger partial charge in [0, 0.05) is 10.7 Å². The van der Waals surface area contributed by atoms with E-state index in [1.807, 2.05) is 26.0 Å². The minimum atomic E-state index is -0.421. The number of benzene rings is 2. The van der Waals surface area contributed by atoms with Crippen molar-refractivity contribution in [1.29, 1.82) is 0 Å². The van der Waals surface area contributed by atoms with Gasteiger partial charge in [0.15, 0.2) is 11.5 Å². The second kappa shape index (κ2) is 7.97. The van der Waals surface area contributed by atoms with Crippen LogP contribution in [-0.2, 0) is 0 Å². The summed E-state index contributed by atoms with van der Waals surface area (Å²) in [4.78, 5) is 29.5. The summed E-state index contributed by atoms with van der Waals surface area (Å²) < 4.78 is 16.0. The van der Waals surface area contributed by atoms with Crippen molar-refractivity contribution in [2.45, 2.75) is 26.8 Å². The highest BCUT2D eigenvalue weighted by Crippen LogP contribution is 2.29. The Bertz CT molecular complexity index is 1590. The summed E-state index contributed by atoms with van der Waals surface area (Å²) in [6.07, 6.45) is 2.98. The molecular weight excluding hydrogens is 443 g/mol. The number of fused-ring (bicyclic) bond motifs is 2. The van der Waals surface area contributed by atoms with E-state index in [-0.39, 0.29) is 11.6 Å². The van der Waals surface area contributed by atoms with Crippen molar-refractivity contribution >= 4 is 39.4 Å². The Morgan fingerprint density at radius 1 is 1.12 bits per heavy atom. The van der Waals surface area contributed by atoms with Crippen LogP contribution in [-0.4, -0.2) is 24.5 Å². The number of anilines is 1. The lowest BCUT2D eigenvalue weighted by Gasteiger charge is -2.23. The van der Waals surface area contributed by atoms with E-state index in [9.17, 15) is 9.18 Å². The highest BCUT2D eigenvalue weighted by atomic mass is 35.5. The summed E-state index contributed by atoms with van der Waals surface area (Å²) >= 11 is 6.39. The van der Waals surface area contributed by atoms with Gasteiger partial charge in [0.25, 0.3) is 5.56 Å². The van der Waals surface area contributed by atoms with Gasteiger partial charge >= 0.3 is 0 Å². The molecule has 0 fully saturated rings. The minimum Gasteiger partial charge on any atom is -0.360 e. The lowest BCUT2D eigenvalue weighted by molar-refractivity contribution is 0.620. The third-order valence-corrected chi connectivity index (χ3v) is 6.32. The standard InChI is InChI=1S/C24H20ClFN6O/c1-12-16(25)5-4-6-18(12)32-19(9-15-7-8-17(26)13(2)20(15)24(32)33)14(3)31-23-21-22(28-10-27-21)29-11-30-23/h4-11,14H,1-3H3,(H2,27,28,29,30,31). The largest absolute Gasteiger partial charge is 0.360 e. The van der Waals surface area contributed by atoms with E-state index < -0.39 is 5.82 Å². The van der Waals surface area contributed by atoms with Crippen molar-refractivity contribution in [1.82, 2.24) is 24.5 Å². The molecule has 3 heterocycles. The molecule has 0 amide bonds. The highest BCUT2D eigenvalue weighted by molar-refractivity contribution is 6.31. The van der Waals surface area contributed by atoms with Gasteiger partial charge in [0.1, 0.15) is 17.7 Å². The molecule has 166 valence electrons. The number of imidazole rings is 1. The monoisotopic (exact) mass is 462 g/mol. The van der Waals surface area contributed by atoms with Crippen molar-refractivity contribution < 1.29 is 4.39 Å². The molecule has 0 radical (unpaired) electrons. The Hall–Kier alpha value is -3.78. The normalized spacial score (nSPS) is 12.4. The molecule has 1 unspecified atom stereocenters. The third kappa shape index (κ3) is 3.43. The molecule has 0 aliphatic heterocycles. The molecule has 5 aromatic rings. The van der Waals surface area contributed by atoms with Crippen molar-refractivity contribution in [3.05, 3.63) is 87.1 Å². The maximum atomic E-state index is 14.4. The molecule has 1 atom stereocenters. The van der Waals surface area contributed by atoms with E-state index in [2.05, 4.69) is 25.3 Å². The lowest BCUT2D eigenvalue weighted by atomic mass is 10.0. The summed E-state index contributed by atoms with van der Waals surface area (Å²) in [7, 11) is 0. The quantitative estimate of drug-likeness (QED) is 0.381. The zero-order chi connectivity index (χ0) is 23.3. The van der Waals surface area contributed by atoms with Crippen LogP contribution in [0.1, 0.15) is 29.8 Å². The van der Waals surface area contributed by atoms with E-state index in [1.54, 1.807) is 36.0 Å². The number of H-pyrrole nitrogens is 1. The first kappa shape index (κ1) is 21.1. The van der Waals surface area contributed by atoms with Gasteiger partial charge < -0.3 is 10.3 Å². The second-order valence-corrected chi connectivity index (χ2v) is 8.33. The van der Waals surface area contributed by atoms with Crippen molar-refractivity contribution in [3.63, 3.8) is 0 Å². The molecule has 0 saturated carbocycles. The number of rotatable bonds is 4. The Kier molecular flexibility index (Phi) is 5.09. The first-order valence-electron chi connectivity index (χ1n) is 10.4. The Labute approximate surface area is 193 Å². The average Bonchev–Trinajstić information content (AvgIpc) is 3.28. The van der Waals surface area contributed by atoms with Crippen molar-refractivity contribution in [2.24, 2.45) is 0 Å². The summed E-state index contributed by atoms with van der Waals surface area (Å²) in [5.41, 5.74) is 3.26. The summed E-state index contributed by atoms with van der Waals surface area (Å²) in [5, 5.41) is 4.90. The fourth-order valence-electron chi connectivity index (χ4n) is 4.12. The number of pyridine rings is 1. The predicted octanol–water partition coefficient (Wildman–Crippen LogP) is 5.24. The van der Waals surface area contributed by atoms with Crippen LogP contribution in [0.15, 0.2) is 53.8 Å². The van der Waals surface area contributed by atoms with Gasteiger partial charge in [-0.1, -0.05) is 23.7 Å². The van der Waals surface area contributed by atoms with E-state index in [4.69, 9.17) is 11.6 Å². The summed E-state index contributed by atoms with van der Waals surface area (Å²) in [6.45, 7) is 5.40. The van der Waals surface area contributed by atoms with Crippen LogP contribution in [0.2, 0.25) is 5.02 Å². The SMILES string of the molecule is Cc1c(Cl)cccc1-n1c(C(C)Nc2ncnc3nc[nH]c23)cc2ccc(F)c(C)c2c1=O. The van der Waals surface area contributed by atoms with E-state index in [1.165, 1.54) is 12.4 Å². The Morgan fingerprint density at radius 2 is 1.94 bits per heavy atom. The first-order chi connectivity index (χ1) is 15.9. The zero-order valence-corrected chi connectivity index (χ0v) is 18.9. The van der Waals surface area contributed by atoms with Gasteiger partial charge in [-0.15, -0.1) is 0 Å². The van der Waals surface area contributed by atoms with Crippen LogP contribution in [0.3, 0.4) is 0 Å². The smallest absolute Gasteiger partial charge is 0.263 e. The van der Waals surface area contributed by atoms with Gasteiger partial charge in [-0.3, -0.25) is 9.36 Å². The van der Waals surface area contributed by atoms with Crippen LogP contribution in [0, 0.1) is 19.7 Å². The predicted molar refractivity (Wildman–Crippen MR) is 128 cm³/mol. The molecule has 9 heteroatoms. The number of halogens is 2. The summed E-state index contributed by atoms with van der Waals surface area (Å²) in [5.74, 6) is 0.137. The van der Waals surface area contributed by atoms with Gasteiger partial charge in [0.2, 0.25) is 0 Å². The maximum Gasteiger partial charge on any atom is 0.263 e. The number of aryl methyl sites for hydroxylation is 1. The van der Waals surface area contributed by atoms with Gasteiger partial charge in [0.05, 0.1) is 23.4 Å². The number of nitrogens with zero attached hydrogens (tertiary/aromatic N) is 4. The minimum absolute atomic E-state index is 0.312. The van der Waals surface area contributed by atoms with E-state index in [0.29, 0.717) is 49.7 Å². The fraction of sp³-hybridized carbons (Fsp3) is 0.167. The lowest BCUT2D eigenvalue weighted by Crippen LogP contribution is -2.27. The number of aromatic amines is 1. The zero-order valence-electron chi connectivity index (χ0n) is 18.1. The van der Waals surface area contributed by atoms with Crippen molar-refractivity contribution in [3.8, 4) is 5.69 Å². The van der Waals surface area contributed by atoms with Crippen molar-refractivity contribution in [2.75, 3.05) is 5.32 Å². The third-order valence-electron chi connectivity index (χ3n) is 5.91. The molecule has 2 aromatic carbocycles. The number of aromatic nitrogens is 5. The van der Waals surface area contributed by atoms with Crippen LogP contribution >= 0.6 is 11.6 Å². The van der Waals surface area contributed by atoms with Crippen LogP contribution in [0.4, 0.5) is 10.2 Å². The molecule has 3 aromatic heterocycles. The second-order valence-electron chi connectivity index (χ2n) is 7.92. The molecule has 2 N–H and O–H groups in total. The van der Waals surface area contributed by atoms with Gasteiger partial charge in [-0.25, -0.2) is 19.3 Å². The summed E-state index contributed by atoms with van der Waals surface area (Å²) in [6, 6.07) is 9.94. The number of hydrogen-bond donors (Lipinski definition) is 2. The van der Waals surface area contributed by atoms with Crippen LogP contribution in [0.5, 0.6) is 0 Å². The van der Waals surface area contributed by atoms with Crippen LogP contribution < -0.4 is 10.9 Å². The first-order valence-corrected chi connectivity index (χ1v) is 10.8. The maximum absolute atomic E-state index is 14.4. The molecule has 0 aliphatic rings. The number of nitrogens with one attached hydrogen (secondary N) is 2. The Morgan fingerprint density at radius 3 is 2.76 bits per heavy atom. The molecule has 0 saturated heterocycles. The topological polar surface area (TPSA) is 88.5 Å². The molecule has 0 spiro atoms. The molecule has 33 heavy (non-hydrogen) atoms. The fourth-order valence-corrected chi connectivity index (χ4v) is 4.29. The average molecular weight is 463 g/mol. The van der Waals surface area contributed by atoms with Crippen LogP contribution in [0.25, 0.3) is 27.6 Å². The van der Waals surface area contributed by atoms with Gasteiger partial charge in [-0.2, -0.15) is 0 Å². The van der Waals surface area contributed by atoms with Gasteiger partial charge in [-0.05, 0) is 61.5 Å². The molecular formula is C24H20ClFN6O. The number of hydrogen-bond acceptors (Lipinski definition) is 5. The Balaban J connectivity index is 1.77. The molecule has 5 rings (SSSR count). The van der Waals surface area contributed by atoms with E-state index >= 15 is 0 Å².